The van der Waals surface area contributed by atoms with Crippen molar-refractivity contribution in [1.29, 1.82) is 0 Å². The Bertz CT molecular complexity index is 261. The lowest BCUT2D eigenvalue weighted by atomic mass is 10.2. The number of sulfone groups is 1. The molecule has 0 aliphatic carbocycles. The van der Waals surface area contributed by atoms with Crippen LogP contribution in [0, 0.1) is 5.92 Å². The van der Waals surface area contributed by atoms with Crippen LogP contribution in [0.4, 0.5) is 0 Å². The molecule has 1 fully saturated rings. The maximum atomic E-state index is 11.2. The summed E-state index contributed by atoms with van der Waals surface area (Å²) in [6.45, 7) is 4.77. The van der Waals surface area contributed by atoms with Crippen molar-refractivity contribution in [3.63, 3.8) is 0 Å². The molecular formula is C8H15IO3S. The Balaban J connectivity index is 2.44. The van der Waals surface area contributed by atoms with E-state index in [2.05, 4.69) is 36.4 Å². The largest absolute Gasteiger partial charge is 0.376 e. The molecule has 2 unspecified atom stereocenters. The second kappa shape index (κ2) is 4.44. The normalized spacial score (nSPS) is 32.6. The topological polar surface area (TPSA) is 43.4 Å². The van der Waals surface area contributed by atoms with E-state index in [9.17, 15) is 8.42 Å². The molecule has 1 saturated heterocycles. The van der Waals surface area contributed by atoms with Gasteiger partial charge in [0.2, 0.25) is 0 Å². The Morgan fingerprint density at radius 3 is 2.46 bits per heavy atom. The number of rotatable bonds is 3. The summed E-state index contributed by atoms with van der Waals surface area (Å²) in [5.41, 5.74) is 0. The number of hydrogen-bond acceptors (Lipinski definition) is 3. The number of ether oxygens (including phenoxy) is 1. The highest BCUT2D eigenvalue weighted by Gasteiger charge is 2.36. The van der Waals surface area contributed by atoms with Crippen LogP contribution in [0.2, 0.25) is 0 Å². The Kier molecular flexibility index (Phi) is 4.00. The van der Waals surface area contributed by atoms with Gasteiger partial charge in [0.25, 0.3) is 0 Å². The van der Waals surface area contributed by atoms with Crippen LogP contribution in [0.25, 0.3) is 0 Å². The smallest absolute Gasteiger partial charge is 0.154 e. The molecule has 0 aromatic rings. The molecule has 1 aliphatic rings. The fraction of sp³-hybridized carbons (Fsp3) is 1.00. The van der Waals surface area contributed by atoms with E-state index >= 15 is 0 Å². The number of halogens is 1. The molecule has 1 rings (SSSR count). The highest BCUT2D eigenvalue weighted by Crippen LogP contribution is 2.23. The van der Waals surface area contributed by atoms with Gasteiger partial charge in [-0.05, 0) is 5.92 Å². The Morgan fingerprint density at radius 1 is 1.46 bits per heavy atom. The summed E-state index contributed by atoms with van der Waals surface area (Å²) in [6, 6.07) is 0. The van der Waals surface area contributed by atoms with E-state index in [1.54, 1.807) is 0 Å². The first kappa shape index (κ1) is 11.7. The summed E-state index contributed by atoms with van der Waals surface area (Å²) < 4.78 is 28.1. The standard InChI is InChI=1S/C8H15IO3S/c1-6(2)3-12-8-5-13(10,11)4-7(8)9/h6-8H,3-5H2,1-2H3. The van der Waals surface area contributed by atoms with E-state index in [0.29, 0.717) is 12.5 Å². The first-order valence-electron chi connectivity index (χ1n) is 4.37. The van der Waals surface area contributed by atoms with E-state index in [1.807, 2.05) is 0 Å². The van der Waals surface area contributed by atoms with Crippen LogP contribution in [0.15, 0.2) is 0 Å². The lowest BCUT2D eigenvalue weighted by Gasteiger charge is -2.15. The van der Waals surface area contributed by atoms with E-state index in [4.69, 9.17) is 4.74 Å². The summed E-state index contributed by atoms with van der Waals surface area (Å²) >= 11 is 2.16. The average Bonchev–Trinajstić information content (AvgIpc) is 2.20. The SMILES string of the molecule is CC(C)COC1CS(=O)(=O)CC1I. The minimum absolute atomic E-state index is 0.0898. The van der Waals surface area contributed by atoms with Crippen LogP contribution in [0.1, 0.15) is 13.8 Å². The van der Waals surface area contributed by atoms with E-state index in [1.165, 1.54) is 0 Å². The fourth-order valence-electron chi connectivity index (χ4n) is 1.24. The van der Waals surface area contributed by atoms with E-state index in [-0.39, 0.29) is 21.5 Å². The minimum atomic E-state index is -2.83. The molecule has 1 aliphatic heterocycles. The molecule has 0 aromatic heterocycles. The van der Waals surface area contributed by atoms with Crippen molar-refractivity contribution in [2.75, 3.05) is 18.1 Å². The maximum absolute atomic E-state index is 11.2. The molecular weight excluding hydrogens is 303 g/mol. The Hall–Kier alpha value is 0.640. The molecule has 0 N–H and O–H groups in total. The highest BCUT2D eigenvalue weighted by atomic mass is 127. The molecule has 2 atom stereocenters. The molecule has 0 amide bonds. The summed E-state index contributed by atoms with van der Waals surface area (Å²) in [7, 11) is -2.83. The second-order valence-electron chi connectivity index (χ2n) is 3.86. The molecule has 0 saturated carbocycles. The number of alkyl halides is 1. The summed E-state index contributed by atoms with van der Waals surface area (Å²) in [6.07, 6.45) is -0.0898. The van der Waals surface area contributed by atoms with Gasteiger partial charge in [0.05, 0.1) is 21.5 Å². The van der Waals surface area contributed by atoms with Gasteiger partial charge in [-0.2, -0.15) is 0 Å². The molecule has 13 heavy (non-hydrogen) atoms. The van der Waals surface area contributed by atoms with E-state index < -0.39 is 9.84 Å². The van der Waals surface area contributed by atoms with Crippen LogP contribution in [-0.2, 0) is 14.6 Å². The van der Waals surface area contributed by atoms with Gasteiger partial charge in [0.1, 0.15) is 0 Å². The second-order valence-corrected chi connectivity index (χ2v) is 7.61. The highest BCUT2D eigenvalue weighted by molar-refractivity contribution is 14.1. The fourth-order valence-corrected chi connectivity index (χ4v) is 5.36. The van der Waals surface area contributed by atoms with Crippen LogP contribution in [0.5, 0.6) is 0 Å². The molecule has 0 spiro atoms. The summed E-state index contributed by atoms with van der Waals surface area (Å²) in [4.78, 5) is 0. The molecule has 0 aromatic carbocycles. The molecule has 0 radical (unpaired) electrons. The molecule has 0 bridgehead atoms. The molecule has 1 heterocycles. The van der Waals surface area contributed by atoms with Crippen molar-refractivity contribution in [2.45, 2.75) is 23.9 Å². The lowest BCUT2D eigenvalue weighted by Crippen LogP contribution is -2.24. The van der Waals surface area contributed by atoms with Gasteiger partial charge in [0.15, 0.2) is 9.84 Å². The first-order valence-corrected chi connectivity index (χ1v) is 7.43. The van der Waals surface area contributed by atoms with Gasteiger partial charge in [-0.15, -0.1) is 0 Å². The van der Waals surface area contributed by atoms with Crippen LogP contribution >= 0.6 is 22.6 Å². The van der Waals surface area contributed by atoms with Crippen molar-refractivity contribution in [1.82, 2.24) is 0 Å². The predicted octanol–water partition coefficient (Wildman–Crippen LogP) is 1.26. The van der Waals surface area contributed by atoms with Crippen molar-refractivity contribution < 1.29 is 13.2 Å². The van der Waals surface area contributed by atoms with Gasteiger partial charge >= 0.3 is 0 Å². The zero-order valence-electron chi connectivity index (χ0n) is 7.86. The Labute approximate surface area is 93.3 Å². The predicted molar refractivity (Wildman–Crippen MR) is 61.0 cm³/mol. The van der Waals surface area contributed by atoms with Gasteiger partial charge in [-0.1, -0.05) is 36.4 Å². The zero-order chi connectivity index (χ0) is 10.1. The van der Waals surface area contributed by atoms with Crippen molar-refractivity contribution in [2.24, 2.45) is 5.92 Å². The molecule has 78 valence electrons. The minimum Gasteiger partial charge on any atom is -0.376 e. The third-order valence-electron chi connectivity index (χ3n) is 1.88. The van der Waals surface area contributed by atoms with Gasteiger partial charge in [-0.25, -0.2) is 8.42 Å². The van der Waals surface area contributed by atoms with Crippen molar-refractivity contribution >= 4 is 32.4 Å². The molecule has 3 nitrogen and oxygen atoms in total. The van der Waals surface area contributed by atoms with Crippen molar-refractivity contribution in [3.05, 3.63) is 0 Å². The van der Waals surface area contributed by atoms with Crippen LogP contribution in [0.3, 0.4) is 0 Å². The van der Waals surface area contributed by atoms with Gasteiger partial charge in [0, 0.05) is 6.61 Å². The summed E-state index contributed by atoms with van der Waals surface area (Å²) in [5, 5.41) is 0. The lowest BCUT2D eigenvalue weighted by molar-refractivity contribution is 0.0577. The average molecular weight is 318 g/mol. The Morgan fingerprint density at radius 2 is 2.08 bits per heavy atom. The third kappa shape index (κ3) is 3.71. The first-order chi connectivity index (χ1) is 5.91. The third-order valence-corrected chi connectivity index (χ3v) is 5.42. The van der Waals surface area contributed by atoms with Gasteiger partial charge in [-0.3, -0.25) is 0 Å². The quantitative estimate of drug-likeness (QED) is 0.581. The summed E-state index contributed by atoms with van der Waals surface area (Å²) in [5.74, 6) is 0.941. The van der Waals surface area contributed by atoms with Crippen molar-refractivity contribution in [3.8, 4) is 0 Å². The van der Waals surface area contributed by atoms with Gasteiger partial charge < -0.3 is 4.74 Å². The number of hydrogen-bond donors (Lipinski definition) is 0. The van der Waals surface area contributed by atoms with E-state index in [0.717, 1.165) is 0 Å². The zero-order valence-corrected chi connectivity index (χ0v) is 10.8. The molecule has 5 heteroatoms. The van der Waals surface area contributed by atoms with Crippen LogP contribution in [-0.4, -0.2) is 36.6 Å². The maximum Gasteiger partial charge on any atom is 0.154 e. The monoisotopic (exact) mass is 318 g/mol. The van der Waals surface area contributed by atoms with Crippen LogP contribution < -0.4 is 0 Å².